The second-order valence-corrected chi connectivity index (χ2v) is 10.9. The van der Waals surface area contributed by atoms with Gasteiger partial charge in [0.05, 0.1) is 30.2 Å². The molecule has 1 saturated heterocycles. The maximum Gasteiger partial charge on any atom is 0.238 e. The second-order valence-electron chi connectivity index (χ2n) is 10.9. The number of phenolic OH excluding ortho intramolecular Hbond substituents is 1. The molecule has 1 fully saturated rings. The predicted octanol–water partition coefficient (Wildman–Crippen LogP) is 5.52. The summed E-state index contributed by atoms with van der Waals surface area (Å²) in [6.07, 6.45) is 2.89. The topological polar surface area (TPSA) is 107 Å². The summed E-state index contributed by atoms with van der Waals surface area (Å²) < 4.78 is 6.08. The van der Waals surface area contributed by atoms with E-state index in [1.165, 1.54) is 4.90 Å². The molecule has 42 heavy (non-hydrogen) atoms. The van der Waals surface area contributed by atoms with Crippen LogP contribution in [-0.2, 0) is 9.59 Å². The largest absolute Gasteiger partial charge is 0.507 e. The van der Waals surface area contributed by atoms with Gasteiger partial charge in [-0.2, -0.15) is 0 Å². The van der Waals surface area contributed by atoms with Crippen molar-refractivity contribution in [1.82, 2.24) is 0 Å². The molecule has 7 heteroatoms. The Bertz CT molecular complexity index is 1470. The Morgan fingerprint density at radius 2 is 1.64 bits per heavy atom. The van der Waals surface area contributed by atoms with Crippen molar-refractivity contribution in [1.29, 1.82) is 0 Å². The first kappa shape index (κ1) is 29.3. The van der Waals surface area contributed by atoms with Crippen molar-refractivity contribution in [3.8, 4) is 11.5 Å². The van der Waals surface area contributed by atoms with Gasteiger partial charge in [0, 0.05) is 11.5 Å². The Morgan fingerprint density at radius 3 is 2.31 bits per heavy atom. The number of amides is 2. The zero-order valence-electron chi connectivity index (χ0n) is 23.7. The normalized spacial score (nSPS) is 21.5. The average molecular weight is 568 g/mol. The van der Waals surface area contributed by atoms with Crippen molar-refractivity contribution in [2.24, 2.45) is 17.8 Å². The number of fused-ring (bicyclic) bond motifs is 1. The fourth-order valence-electron chi connectivity index (χ4n) is 6.27. The van der Waals surface area contributed by atoms with Crippen LogP contribution in [0.3, 0.4) is 0 Å². The summed E-state index contributed by atoms with van der Waals surface area (Å²) in [4.78, 5) is 28.6. The molecule has 0 radical (unpaired) electrons. The standard InChI is InChI=1S/C35H37NO6/c1-2-23(19-24-11-9-10-16-30(24)38)17-18-31(39)32-25(22-42-27-14-7-4-8-15-27)20-28-33(29(32)21-37)35(41)36(34(28)40)26-12-5-3-6-13-26/h3-16,19,28-29,31,33,37-39H,2,17-18,20-22H2,1H3/b23-19+/t28-,29+,31-,33-/m1/s1. The first-order valence-corrected chi connectivity index (χ1v) is 14.5. The highest BCUT2D eigenvalue weighted by atomic mass is 16.5. The van der Waals surface area contributed by atoms with Gasteiger partial charge in [-0.15, -0.1) is 0 Å². The SMILES string of the molecule is CC/C(=C\c1ccccc1O)CC[C@@H](O)C1=C(COc2ccccc2)C[C@H]2C(=O)N(c3ccccc3)C(=O)[C@H]2[C@H]1CO. The number of carbonyl (C=O) groups excluding carboxylic acids is 2. The third-order valence-electron chi connectivity index (χ3n) is 8.40. The lowest BCUT2D eigenvalue weighted by Crippen LogP contribution is -2.40. The third kappa shape index (κ3) is 6.03. The van der Waals surface area contributed by atoms with Crippen LogP contribution in [0.5, 0.6) is 11.5 Å². The molecular formula is C35H37NO6. The number of aliphatic hydroxyl groups is 2. The van der Waals surface area contributed by atoms with Crippen LogP contribution in [0.2, 0.25) is 0 Å². The Balaban J connectivity index is 1.45. The van der Waals surface area contributed by atoms with E-state index in [2.05, 4.69) is 0 Å². The molecule has 1 aliphatic heterocycles. The highest BCUT2D eigenvalue weighted by Gasteiger charge is 2.55. The monoisotopic (exact) mass is 567 g/mol. The predicted molar refractivity (Wildman–Crippen MR) is 162 cm³/mol. The first-order valence-electron chi connectivity index (χ1n) is 14.5. The molecule has 7 nitrogen and oxygen atoms in total. The van der Waals surface area contributed by atoms with E-state index in [1.807, 2.05) is 61.5 Å². The molecule has 5 rings (SSSR count). The number of allylic oxidation sites excluding steroid dienone is 1. The van der Waals surface area contributed by atoms with E-state index < -0.39 is 23.9 Å². The third-order valence-corrected chi connectivity index (χ3v) is 8.40. The molecule has 3 aromatic carbocycles. The molecule has 0 saturated carbocycles. The van der Waals surface area contributed by atoms with Crippen molar-refractivity contribution < 1.29 is 29.6 Å². The van der Waals surface area contributed by atoms with Gasteiger partial charge in [-0.1, -0.05) is 73.2 Å². The molecule has 0 aromatic heterocycles. The Labute approximate surface area is 246 Å². The highest BCUT2D eigenvalue weighted by molar-refractivity contribution is 6.22. The Kier molecular flexibility index (Phi) is 9.20. The van der Waals surface area contributed by atoms with Crippen LogP contribution in [0.4, 0.5) is 5.69 Å². The first-order chi connectivity index (χ1) is 20.4. The van der Waals surface area contributed by atoms with Crippen LogP contribution in [0.1, 0.15) is 38.2 Å². The van der Waals surface area contributed by atoms with E-state index in [-0.39, 0.29) is 37.2 Å². The van der Waals surface area contributed by atoms with Crippen LogP contribution in [0.25, 0.3) is 6.08 Å². The van der Waals surface area contributed by atoms with Gasteiger partial charge in [-0.3, -0.25) is 14.5 Å². The van der Waals surface area contributed by atoms with E-state index in [4.69, 9.17) is 4.74 Å². The second kappa shape index (κ2) is 13.2. The molecule has 2 aliphatic rings. The lowest BCUT2D eigenvalue weighted by molar-refractivity contribution is -0.123. The molecule has 1 aliphatic carbocycles. The quantitative estimate of drug-likeness (QED) is 0.208. The number of rotatable bonds is 11. The van der Waals surface area contributed by atoms with Gasteiger partial charge in [-0.05, 0) is 67.2 Å². The minimum atomic E-state index is -0.953. The van der Waals surface area contributed by atoms with Gasteiger partial charge < -0.3 is 20.1 Å². The van der Waals surface area contributed by atoms with Crippen molar-refractivity contribution >= 4 is 23.6 Å². The van der Waals surface area contributed by atoms with Crippen molar-refractivity contribution in [3.63, 3.8) is 0 Å². The summed E-state index contributed by atoms with van der Waals surface area (Å²) >= 11 is 0. The summed E-state index contributed by atoms with van der Waals surface area (Å²) in [5, 5.41) is 32.5. The number of ether oxygens (including phenoxy) is 1. The summed E-state index contributed by atoms with van der Waals surface area (Å²) in [5.74, 6) is -1.93. The lowest BCUT2D eigenvalue weighted by Gasteiger charge is -2.36. The smallest absolute Gasteiger partial charge is 0.238 e. The van der Waals surface area contributed by atoms with E-state index in [1.54, 1.807) is 36.4 Å². The molecule has 218 valence electrons. The Hall–Kier alpha value is -4.20. The number of imide groups is 1. The van der Waals surface area contributed by atoms with Gasteiger partial charge >= 0.3 is 0 Å². The van der Waals surface area contributed by atoms with E-state index in [0.717, 1.165) is 17.6 Å². The van der Waals surface area contributed by atoms with Gasteiger partial charge in [-0.25, -0.2) is 0 Å². The minimum absolute atomic E-state index is 0.136. The lowest BCUT2D eigenvalue weighted by atomic mass is 9.68. The minimum Gasteiger partial charge on any atom is -0.507 e. The van der Waals surface area contributed by atoms with Crippen LogP contribution < -0.4 is 9.64 Å². The number of hydrogen-bond acceptors (Lipinski definition) is 6. The maximum absolute atomic E-state index is 13.7. The number of aromatic hydroxyl groups is 1. The zero-order valence-corrected chi connectivity index (χ0v) is 23.7. The number of aliphatic hydroxyl groups excluding tert-OH is 2. The molecule has 3 aromatic rings. The maximum atomic E-state index is 13.7. The van der Waals surface area contributed by atoms with E-state index in [9.17, 15) is 24.9 Å². The highest BCUT2D eigenvalue weighted by Crippen LogP contribution is 2.47. The van der Waals surface area contributed by atoms with Crippen molar-refractivity contribution in [3.05, 3.63) is 107 Å². The summed E-state index contributed by atoms with van der Waals surface area (Å²) in [5.41, 5.74) is 3.60. The number of phenols is 1. The van der Waals surface area contributed by atoms with Crippen LogP contribution in [0, 0.1) is 17.8 Å². The van der Waals surface area contributed by atoms with Crippen LogP contribution in [-0.4, -0.2) is 46.5 Å². The molecule has 2 amide bonds. The zero-order chi connectivity index (χ0) is 29.6. The number of benzene rings is 3. The van der Waals surface area contributed by atoms with Gasteiger partial charge in [0.15, 0.2) is 0 Å². The fraction of sp³-hybridized carbons (Fsp3) is 0.314. The molecule has 0 spiro atoms. The van der Waals surface area contributed by atoms with Gasteiger partial charge in [0.2, 0.25) is 11.8 Å². The van der Waals surface area contributed by atoms with Gasteiger partial charge in [0.25, 0.3) is 0 Å². The molecule has 0 unspecified atom stereocenters. The Morgan fingerprint density at radius 1 is 0.976 bits per heavy atom. The van der Waals surface area contributed by atoms with Crippen molar-refractivity contribution in [2.45, 2.75) is 38.7 Å². The molecule has 4 atom stereocenters. The molecular weight excluding hydrogens is 530 g/mol. The average Bonchev–Trinajstić information content (AvgIpc) is 3.27. The summed E-state index contributed by atoms with van der Waals surface area (Å²) in [6, 6.07) is 25.3. The number of anilines is 1. The number of nitrogens with zero attached hydrogens (tertiary/aromatic N) is 1. The van der Waals surface area contributed by atoms with E-state index >= 15 is 0 Å². The van der Waals surface area contributed by atoms with E-state index in [0.29, 0.717) is 35.4 Å². The summed E-state index contributed by atoms with van der Waals surface area (Å²) in [7, 11) is 0. The van der Waals surface area contributed by atoms with Crippen LogP contribution >= 0.6 is 0 Å². The molecule has 1 heterocycles. The summed E-state index contributed by atoms with van der Waals surface area (Å²) in [6.45, 7) is 1.79. The number of carbonyl (C=O) groups is 2. The molecule has 3 N–H and O–H groups in total. The number of hydrogen-bond donors (Lipinski definition) is 3. The van der Waals surface area contributed by atoms with Crippen LogP contribution in [0.15, 0.2) is 102 Å². The number of para-hydroxylation sites is 3. The fourth-order valence-corrected chi connectivity index (χ4v) is 6.27. The van der Waals surface area contributed by atoms with Gasteiger partial charge in [0.1, 0.15) is 18.1 Å². The molecule has 0 bridgehead atoms. The van der Waals surface area contributed by atoms with Crippen molar-refractivity contribution in [2.75, 3.05) is 18.1 Å².